The molecule has 0 radical (unpaired) electrons. The fourth-order valence-electron chi connectivity index (χ4n) is 20.4. The number of benzene rings is 10. The molecule has 12 aliphatic rings. The van der Waals surface area contributed by atoms with Crippen LogP contribution in [0.4, 0.5) is 43.9 Å². The van der Waals surface area contributed by atoms with Crippen molar-refractivity contribution in [3.05, 3.63) is 354 Å². The number of nitrogens with zero attached hydrogens (tertiary/aromatic N) is 10. The highest BCUT2D eigenvalue weighted by atomic mass is 32.2. The van der Waals surface area contributed by atoms with Crippen molar-refractivity contribution in [2.45, 2.75) is 184 Å². The van der Waals surface area contributed by atoms with E-state index in [1.807, 2.05) is 109 Å². The van der Waals surface area contributed by atoms with Crippen LogP contribution in [0.3, 0.4) is 0 Å². The second-order valence-electron chi connectivity index (χ2n) is 36.3. The van der Waals surface area contributed by atoms with E-state index < -0.39 is 88.6 Å². The number of amides is 5. The number of carbonyl (C=O) groups is 5. The Morgan fingerprint density at radius 3 is 0.921 bits per heavy atom. The van der Waals surface area contributed by atoms with Gasteiger partial charge in [0.15, 0.2) is 0 Å². The highest BCUT2D eigenvalue weighted by molar-refractivity contribution is 8.16. The van der Waals surface area contributed by atoms with Gasteiger partial charge in [-0.1, -0.05) is 180 Å². The van der Waals surface area contributed by atoms with Gasteiger partial charge in [0.25, 0.3) is 5.91 Å². The SMILES string of the molecule is COC(C)C(=O)N1N=C(c2cc(F)ccc2F)SC12CCc1ccccc12.NC1CCC(C(=O)N2N=C(c3cc(F)ccc3F)SC23CCc2ccccc23)C1.NC1CCC(C(=O)N2N=C(c3cc(F)ccc3F)SC23CCc2ccccc23)CC1.NCCC(=O)N1N=C(c2cc(F)ccc2F)SC12CCc1ccccc12.NCCCCC(=O)N1N=C(c2cc(F)ccc2F)SC12CCc1ccccc12. The number of methoxy groups -OCH3 is 1. The van der Waals surface area contributed by atoms with Crippen molar-refractivity contribution in [1.29, 1.82) is 0 Å². The molecule has 5 heterocycles. The van der Waals surface area contributed by atoms with Gasteiger partial charge in [-0.05, 0) is 282 Å². The number of carbonyl (C=O) groups excluding carboxylic acids is 5. The van der Waals surface area contributed by atoms with Crippen LogP contribution < -0.4 is 22.9 Å². The highest BCUT2D eigenvalue weighted by Gasteiger charge is 2.59. The monoisotopic (exact) mass is 2000 g/mol. The van der Waals surface area contributed by atoms with Crippen LogP contribution in [0.25, 0.3) is 0 Å². The zero-order valence-electron chi connectivity index (χ0n) is 76.4. The number of thioether (sulfide) groups is 5. The van der Waals surface area contributed by atoms with Crippen molar-refractivity contribution in [3.8, 4) is 0 Å². The second-order valence-corrected chi connectivity index (χ2v) is 42.6. The number of hydrogen-bond donors (Lipinski definition) is 4. The van der Waals surface area contributed by atoms with Crippen LogP contribution in [-0.4, -0.2) is 118 Å². The number of halogens is 10. The number of hydrogen-bond acceptors (Lipinski definition) is 20. The predicted octanol–water partition coefficient (Wildman–Crippen LogP) is 20.2. The molecule has 2 saturated carbocycles. The van der Waals surface area contributed by atoms with E-state index in [4.69, 9.17) is 27.7 Å². The van der Waals surface area contributed by atoms with Crippen molar-refractivity contribution >= 4 is 114 Å². The summed E-state index contributed by atoms with van der Waals surface area (Å²) in [5, 5.41) is 31.6. The third-order valence-corrected chi connectivity index (χ3v) is 34.7. The predicted molar refractivity (Wildman–Crippen MR) is 527 cm³/mol. The average Bonchev–Trinajstić information content (AvgIpc) is 1.61. The lowest BCUT2D eigenvalue weighted by Gasteiger charge is -2.36. The molecule has 8 unspecified atom stereocenters. The van der Waals surface area contributed by atoms with Crippen LogP contribution in [0, 0.1) is 70.0 Å². The molecule has 5 spiro atoms. The normalized spacial score (nSPS) is 24.1. The topological polar surface area (TPSA) is 277 Å². The van der Waals surface area contributed by atoms with Crippen molar-refractivity contribution in [1.82, 2.24) is 25.0 Å². The van der Waals surface area contributed by atoms with Crippen LogP contribution in [0.15, 0.2) is 238 Å². The van der Waals surface area contributed by atoms with Crippen molar-refractivity contribution in [2.24, 2.45) is 60.3 Å². The minimum Gasteiger partial charge on any atom is -0.372 e. The van der Waals surface area contributed by atoms with E-state index in [0.717, 1.165) is 218 Å². The molecule has 10 aromatic rings. The smallest absolute Gasteiger partial charge is 0.273 e. The zero-order valence-corrected chi connectivity index (χ0v) is 80.5. The largest absolute Gasteiger partial charge is 0.372 e. The summed E-state index contributed by atoms with van der Waals surface area (Å²) >= 11 is 6.66. The maximum absolute atomic E-state index is 14.5. The molecule has 35 heteroatoms. The Labute approximate surface area is 824 Å². The number of unbranched alkanes of at least 4 members (excludes halogenated alkanes) is 1. The van der Waals surface area contributed by atoms with Crippen LogP contribution in [0.1, 0.15) is 193 Å². The van der Waals surface area contributed by atoms with Crippen LogP contribution in [-0.2, 0) is 85.2 Å². The summed E-state index contributed by atoms with van der Waals surface area (Å²) < 4.78 is 146. The molecule has 726 valence electrons. The molecule has 20 nitrogen and oxygen atoms in total. The fourth-order valence-corrected chi connectivity index (χ4v) is 27.6. The molecule has 8 N–H and O–H groups in total. The third-order valence-electron chi connectivity index (χ3n) is 27.6. The molecule has 5 amide bonds. The molecule has 140 heavy (non-hydrogen) atoms. The van der Waals surface area contributed by atoms with E-state index in [9.17, 15) is 67.9 Å². The van der Waals surface area contributed by atoms with Gasteiger partial charge >= 0.3 is 0 Å². The molecule has 0 aromatic heterocycles. The van der Waals surface area contributed by atoms with Gasteiger partial charge in [-0.2, -0.15) is 25.5 Å². The number of fused-ring (bicyclic) bond motifs is 10. The quantitative estimate of drug-likeness (QED) is 0.0548. The molecule has 0 saturated heterocycles. The number of nitrogens with two attached hydrogens (primary N) is 4. The fraction of sp³-hybridized carbons (Fsp3) is 0.333. The third kappa shape index (κ3) is 19.0. The van der Waals surface area contributed by atoms with Gasteiger partial charge in [-0.25, -0.2) is 68.9 Å². The van der Waals surface area contributed by atoms with E-state index in [1.165, 1.54) is 86.5 Å². The lowest BCUT2D eigenvalue weighted by Crippen LogP contribution is -2.44. The molecule has 7 aliphatic carbocycles. The maximum atomic E-state index is 14.5. The minimum absolute atomic E-state index is 0.0233. The van der Waals surface area contributed by atoms with Gasteiger partial charge in [-0.3, -0.25) is 24.0 Å². The zero-order chi connectivity index (χ0) is 98.3. The molecule has 22 rings (SSSR count). The summed E-state index contributed by atoms with van der Waals surface area (Å²) in [5.41, 5.74) is 34.4. The van der Waals surface area contributed by atoms with Crippen LogP contribution in [0.5, 0.6) is 0 Å². The first-order valence-corrected chi connectivity index (χ1v) is 50.8. The van der Waals surface area contributed by atoms with Crippen molar-refractivity contribution in [3.63, 3.8) is 0 Å². The molecule has 2 fully saturated rings. The van der Waals surface area contributed by atoms with Crippen molar-refractivity contribution < 1.29 is 72.6 Å². The molecule has 10 aromatic carbocycles. The highest BCUT2D eigenvalue weighted by Crippen LogP contribution is 2.62. The summed E-state index contributed by atoms with van der Waals surface area (Å²) in [5.74, 6) is -6.55. The summed E-state index contributed by atoms with van der Waals surface area (Å²) in [6.45, 7) is 2.38. The summed E-state index contributed by atoms with van der Waals surface area (Å²) in [4.78, 5) is 62.2. The summed E-state index contributed by atoms with van der Waals surface area (Å²) in [6, 6.07) is 56.4. The molecular formula is C105H100F10N14O6S5. The van der Waals surface area contributed by atoms with Crippen LogP contribution >= 0.6 is 58.8 Å². The molecular weight excluding hydrogens is 1900 g/mol. The maximum Gasteiger partial charge on any atom is 0.273 e. The van der Waals surface area contributed by atoms with E-state index in [2.05, 4.69) is 37.6 Å². The minimum atomic E-state index is -0.769. The van der Waals surface area contributed by atoms with Gasteiger partial charge in [-0.15, -0.1) is 0 Å². The Morgan fingerprint density at radius 2 is 0.621 bits per heavy atom. The van der Waals surface area contributed by atoms with Gasteiger partial charge in [0, 0.05) is 78.2 Å². The number of ether oxygens (including phenoxy) is 1. The van der Waals surface area contributed by atoms with E-state index in [-0.39, 0.29) is 94.2 Å². The van der Waals surface area contributed by atoms with E-state index in [0.29, 0.717) is 83.1 Å². The Morgan fingerprint density at radius 1 is 0.350 bits per heavy atom. The van der Waals surface area contributed by atoms with E-state index in [1.54, 1.807) is 16.9 Å². The van der Waals surface area contributed by atoms with Gasteiger partial charge < -0.3 is 27.7 Å². The second kappa shape index (κ2) is 41.4. The lowest BCUT2D eigenvalue weighted by atomic mass is 9.85. The lowest BCUT2D eigenvalue weighted by molar-refractivity contribution is -0.144. The average molecular weight is 2000 g/mol. The van der Waals surface area contributed by atoms with Gasteiger partial charge in [0.2, 0.25) is 23.6 Å². The molecule has 5 aliphatic heterocycles. The Kier molecular flexibility index (Phi) is 29.2. The number of rotatable bonds is 15. The first kappa shape index (κ1) is 98.9. The summed E-state index contributed by atoms with van der Waals surface area (Å²) in [7, 11) is 1.46. The Bertz CT molecular complexity index is 6700. The van der Waals surface area contributed by atoms with E-state index >= 15 is 0 Å². The Hall–Kier alpha value is -11.3. The summed E-state index contributed by atoms with van der Waals surface area (Å²) in [6.07, 6.45) is 13.9. The van der Waals surface area contributed by atoms with Gasteiger partial charge in [0.1, 0.15) is 114 Å². The first-order valence-electron chi connectivity index (χ1n) is 46.7. The molecule has 0 bridgehead atoms. The first-order chi connectivity index (χ1) is 67.5. The number of aryl methyl sites for hydroxylation is 5. The van der Waals surface area contributed by atoms with Crippen molar-refractivity contribution in [2.75, 3.05) is 20.2 Å². The standard InChI is InChI=1S/C23H23F2N3OS.C22H21F2N3OS.C21H21F2N3OS.C20H18F2N2O2S.C19H17F2N3OS/c24-16-7-10-20(25)18(13-16)21-27-28(22(29)15-5-8-17(26)9-6-15)23(30-21)12-11-14-3-1-2-4-19(14)23;23-15-6-8-19(24)17(12-15)20-26-27(21(28)14-5-7-16(25)11-14)22(29-20)10-9-13-3-1-2-4-18(13)22;22-15-8-9-18(23)16(13-15)20-25-26(19(27)7-3-4-12-24)21(28-20)11-10-14-5-1-2-6-17(14)21;1-12(26-2)19(25)24-20(10-9-13-5-3-4-6-16(13)20)27-18(23-24)15-11-14(21)7-8-17(15)22;20-13-5-6-16(21)14(11-13)18-23-24(17(25)8-10-22)19(26-18)9-7-12-3-1-2-4-15(12)19/h1-4,7,10,13,15,17H,5-6,8-9,11-12,26H2;1-4,6,8,12,14,16H,5,7,9-11,25H2;1-2,5-6,8-9,13H,3-4,7,10-12,24H2;3-8,11-12H,9-10H2,1-2H3;1-6,11H,7-10,22H2. The number of hydrazone groups is 5. The van der Waals surface area contributed by atoms with Crippen LogP contribution in [0.2, 0.25) is 0 Å². The molecule has 8 atom stereocenters. The Balaban J connectivity index is 0.000000116. The van der Waals surface area contributed by atoms with Gasteiger partial charge in [0.05, 0.1) is 0 Å².